The minimum absolute atomic E-state index is 0.298. The van der Waals surface area contributed by atoms with Crippen LogP contribution in [0.3, 0.4) is 0 Å². The van der Waals surface area contributed by atoms with Gasteiger partial charge in [0.2, 0.25) is 5.91 Å². The molecule has 0 aliphatic heterocycles. The molecule has 0 bridgehead atoms. The Morgan fingerprint density at radius 2 is 2.14 bits per heavy atom. The van der Waals surface area contributed by atoms with E-state index in [1.165, 1.54) is 18.2 Å². The highest BCUT2D eigenvalue weighted by Crippen LogP contribution is 2.19. The zero-order valence-electron chi connectivity index (χ0n) is 12.3. The number of aromatic nitrogens is 1. The summed E-state index contributed by atoms with van der Waals surface area (Å²) in [6, 6.07) is 10.1. The number of carbonyl (C=O) groups is 1. The molecule has 0 spiro atoms. The van der Waals surface area contributed by atoms with E-state index in [0.29, 0.717) is 12.4 Å². The van der Waals surface area contributed by atoms with Crippen LogP contribution in [0.15, 0.2) is 48.7 Å². The number of benzene rings is 1. The summed E-state index contributed by atoms with van der Waals surface area (Å²) in [5.74, 6) is 0.236. The summed E-state index contributed by atoms with van der Waals surface area (Å²) < 4.78 is 18.3. The number of halogens is 1. The lowest BCUT2D eigenvalue weighted by atomic mass is 10.2. The number of hydrogen-bond donors (Lipinski definition) is 1. The minimum Gasteiger partial charge on any atom is -0.493 e. The largest absolute Gasteiger partial charge is 0.493 e. The van der Waals surface area contributed by atoms with E-state index < -0.39 is 5.82 Å². The molecule has 0 aliphatic carbocycles. The lowest BCUT2D eigenvalue weighted by Crippen LogP contribution is -2.09. The molecule has 0 fully saturated rings. The molecular formula is C17H17FN2O2. The van der Waals surface area contributed by atoms with E-state index in [0.717, 1.165) is 23.9 Å². The maximum atomic E-state index is 12.7. The molecule has 0 atom stereocenters. The molecule has 0 aliphatic rings. The third kappa shape index (κ3) is 4.70. The summed E-state index contributed by atoms with van der Waals surface area (Å²) in [7, 11) is 0. The normalized spacial score (nSPS) is 10.6. The first kappa shape index (κ1) is 15.7. The van der Waals surface area contributed by atoms with Gasteiger partial charge in [0.05, 0.1) is 12.8 Å². The molecule has 1 aromatic carbocycles. The monoisotopic (exact) mass is 300 g/mol. The van der Waals surface area contributed by atoms with Crippen molar-refractivity contribution >= 4 is 17.8 Å². The first-order valence-corrected chi connectivity index (χ1v) is 7.01. The molecule has 1 amide bonds. The van der Waals surface area contributed by atoms with E-state index in [2.05, 4.69) is 10.3 Å². The van der Waals surface area contributed by atoms with Crippen LogP contribution in [-0.4, -0.2) is 17.5 Å². The van der Waals surface area contributed by atoms with Crippen molar-refractivity contribution < 1.29 is 13.9 Å². The molecule has 4 nitrogen and oxygen atoms in total. The lowest BCUT2D eigenvalue weighted by molar-refractivity contribution is -0.111. The van der Waals surface area contributed by atoms with Gasteiger partial charge in [0.15, 0.2) is 0 Å². The molecule has 1 aromatic heterocycles. The molecule has 0 saturated heterocycles. The summed E-state index contributed by atoms with van der Waals surface area (Å²) in [6.45, 7) is 2.65. The summed E-state index contributed by atoms with van der Waals surface area (Å²) in [6.07, 6.45) is 5.02. The highest BCUT2D eigenvalue weighted by Gasteiger charge is 2.02. The molecule has 0 radical (unpaired) electrons. The van der Waals surface area contributed by atoms with Crippen LogP contribution in [0.5, 0.6) is 5.75 Å². The van der Waals surface area contributed by atoms with Gasteiger partial charge < -0.3 is 10.1 Å². The highest BCUT2D eigenvalue weighted by molar-refractivity contribution is 6.01. The van der Waals surface area contributed by atoms with Crippen molar-refractivity contribution in [3.63, 3.8) is 0 Å². The number of ether oxygens (including phenoxy) is 1. The quantitative estimate of drug-likeness (QED) is 0.828. The van der Waals surface area contributed by atoms with Gasteiger partial charge in [-0.1, -0.05) is 25.1 Å². The average Bonchev–Trinajstić information content (AvgIpc) is 2.54. The third-order valence-corrected chi connectivity index (χ3v) is 2.77. The second-order valence-electron chi connectivity index (χ2n) is 4.57. The van der Waals surface area contributed by atoms with Gasteiger partial charge in [-0.2, -0.15) is 0 Å². The summed E-state index contributed by atoms with van der Waals surface area (Å²) in [4.78, 5) is 15.6. The number of amides is 1. The smallest absolute Gasteiger partial charge is 0.249 e. The summed E-state index contributed by atoms with van der Waals surface area (Å²) in [5, 5.41) is 2.56. The van der Waals surface area contributed by atoms with Crippen molar-refractivity contribution in [3.05, 3.63) is 60.1 Å². The number of nitrogens with zero attached hydrogens (tertiary/aromatic N) is 1. The van der Waals surface area contributed by atoms with E-state index >= 15 is 0 Å². The standard InChI is InChI=1S/C17H17FN2O2/c1-2-11-22-15-6-4-3-5-13(15)7-10-17(21)20-16-9-8-14(18)12-19-16/h3-10,12H,2,11H2,1H3,(H,19,20,21)/b10-7+. The van der Waals surface area contributed by atoms with Crippen LogP contribution in [0, 0.1) is 5.82 Å². The van der Waals surface area contributed by atoms with Gasteiger partial charge in [0.1, 0.15) is 17.4 Å². The molecular weight excluding hydrogens is 283 g/mol. The van der Waals surface area contributed by atoms with Crippen molar-refractivity contribution in [3.8, 4) is 5.75 Å². The molecule has 0 unspecified atom stereocenters. The molecule has 5 heteroatoms. The Morgan fingerprint density at radius 3 is 2.86 bits per heavy atom. The third-order valence-electron chi connectivity index (χ3n) is 2.77. The number of carbonyl (C=O) groups excluding carboxylic acids is 1. The van der Waals surface area contributed by atoms with Crippen LogP contribution in [0.25, 0.3) is 6.08 Å². The number of nitrogens with one attached hydrogen (secondary N) is 1. The molecule has 22 heavy (non-hydrogen) atoms. The van der Waals surface area contributed by atoms with Crippen LogP contribution >= 0.6 is 0 Å². The molecule has 2 aromatic rings. The van der Waals surface area contributed by atoms with Crippen molar-refractivity contribution in [2.45, 2.75) is 13.3 Å². The molecule has 114 valence electrons. The molecule has 2 rings (SSSR count). The fraction of sp³-hybridized carbons (Fsp3) is 0.176. The van der Waals surface area contributed by atoms with Gasteiger partial charge in [0, 0.05) is 11.6 Å². The van der Waals surface area contributed by atoms with Crippen molar-refractivity contribution in [1.82, 2.24) is 4.98 Å². The Morgan fingerprint density at radius 1 is 1.32 bits per heavy atom. The maximum absolute atomic E-state index is 12.7. The van der Waals surface area contributed by atoms with Crippen molar-refractivity contribution in [2.75, 3.05) is 11.9 Å². The van der Waals surface area contributed by atoms with Crippen LogP contribution in [-0.2, 0) is 4.79 Å². The Kier molecular flexibility index (Phi) is 5.65. The molecule has 1 N–H and O–H groups in total. The molecule has 1 heterocycles. The Bertz CT molecular complexity index is 654. The van der Waals surface area contributed by atoms with E-state index in [1.807, 2.05) is 31.2 Å². The van der Waals surface area contributed by atoms with Gasteiger partial charge >= 0.3 is 0 Å². The fourth-order valence-electron chi connectivity index (χ4n) is 1.74. The van der Waals surface area contributed by atoms with Gasteiger partial charge in [-0.15, -0.1) is 0 Å². The van der Waals surface area contributed by atoms with E-state index in [4.69, 9.17) is 4.74 Å². The van der Waals surface area contributed by atoms with Gasteiger partial charge in [0.25, 0.3) is 0 Å². The van der Waals surface area contributed by atoms with Gasteiger partial charge in [-0.3, -0.25) is 4.79 Å². The lowest BCUT2D eigenvalue weighted by Gasteiger charge is -2.07. The summed E-state index contributed by atoms with van der Waals surface area (Å²) >= 11 is 0. The Hall–Kier alpha value is -2.69. The number of para-hydroxylation sites is 1. The van der Waals surface area contributed by atoms with Crippen LogP contribution < -0.4 is 10.1 Å². The number of anilines is 1. The van der Waals surface area contributed by atoms with E-state index in [1.54, 1.807) is 6.08 Å². The second kappa shape index (κ2) is 7.93. The first-order chi connectivity index (χ1) is 10.7. The van der Waals surface area contributed by atoms with Gasteiger partial charge in [-0.25, -0.2) is 9.37 Å². The SMILES string of the molecule is CCCOc1ccccc1/C=C/C(=O)Nc1ccc(F)cn1. The number of pyridine rings is 1. The first-order valence-electron chi connectivity index (χ1n) is 7.01. The second-order valence-corrected chi connectivity index (χ2v) is 4.57. The predicted octanol–water partition coefficient (Wildman–Crippen LogP) is 3.66. The average molecular weight is 300 g/mol. The van der Waals surface area contributed by atoms with Crippen LogP contribution in [0.2, 0.25) is 0 Å². The Balaban J connectivity index is 2.01. The topological polar surface area (TPSA) is 51.2 Å². The number of rotatable bonds is 6. The van der Waals surface area contributed by atoms with E-state index in [-0.39, 0.29) is 5.91 Å². The zero-order valence-corrected chi connectivity index (χ0v) is 12.3. The fourth-order valence-corrected chi connectivity index (χ4v) is 1.74. The highest BCUT2D eigenvalue weighted by atomic mass is 19.1. The summed E-state index contributed by atoms with van der Waals surface area (Å²) in [5.41, 5.74) is 0.818. The predicted molar refractivity (Wildman–Crippen MR) is 84.1 cm³/mol. The van der Waals surface area contributed by atoms with Gasteiger partial charge in [-0.05, 0) is 30.7 Å². The van der Waals surface area contributed by atoms with E-state index in [9.17, 15) is 9.18 Å². The Labute approximate surface area is 128 Å². The zero-order chi connectivity index (χ0) is 15.8. The molecule has 0 saturated carbocycles. The van der Waals surface area contributed by atoms with Crippen molar-refractivity contribution in [1.29, 1.82) is 0 Å². The van der Waals surface area contributed by atoms with Crippen molar-refractivity contribution in [2.24, 2.45) is 0 Å². The van der Waals surface area contributed by atoms with Crippen LogP contribution in [0.4, 0.5) is 10.2 Å². The minimum atomic E-state index is -0.449. The van der Waals surface area contributed by atoms with Crippen LogP contribution in [0.1, 0.15) is 18.9 Å². The maximum Gasteiger partial charge on any atom is 0.249 e. The number of hydrogen-bond acceptors (Lipinski definition) is 3.